The van der Waals surface area contributed by atoms with Crippen molar-refractivity contribution in [2.24, 2.45) is 0 Å². The summed E-state index contributed by atoms with van der Waals surface area (Å²) in [4.78, 5) is 2.30. The van der Waals surface area contributed by atoms with E-state index in [0.717, 1.165) is 49.4 Å². The molecule has 1 aromatic carbocycles. The first-order valence-electron chi connectivity index (χ1n) is 5.69. The van der Waals surface area contributed by atoms with Gasteiger partial charge in [-0.2, -0.15) is 0 Å². The molecule has 1 aliphatic heterocycles. The highest BCUT2D eigenvalue weighted by molar-refractivity contribution is 5.55. The summed E-state index contributed by atoms with van der Waals surface area (Å²) in [6.07, 6.45) is 1.57. The average Bonchev–Trinajstić information content (AvgIpc) is 2.27. The molecule has 88 valence electrons. The van der Waals surface area contributed by atoms with E-state index in [1.165, 1.54) is 0 Å². The Hall–Kier alpha value is -1.26. The van der Waals surface area contributed by atoms with Gasteiger partial charge in [0.1, 0.15) is 0 Å². The van der Waals surface area contributed by atoms with Crippen LogP contribution < -0.4 is 11.5 Å². The summed E-state index contributed by atoms with van der Waals surface area (Å²) >= 11 is 0. The number of anilines is 2. The maximum Gasteiger partial charge on any atom is 0.0564 e. The van der Waals surface area contributed by atoms with E-state index >= 15 is 0 Å². The van der Waals surface area contributed by atoms with Crippen LogP contribution in [-0.4, -0.2) is 29.2 Å². The largest absolute Gasteiger partial charge is 0.399 e. The lowest BCUT2D eigenvalue weighted by atomic mass is 10.1. The molecule has 0 saturated carbocycles. The van der Waals surface area contributed by atoms with E-state index in [9.17, 15) is 5.11 Å². The fourth-order valence-electron chi connectivity index (χ4n) is 2.08. The van der Waals surface area contributed by atoms with Crippen LogP contribution in [0.15, 0.2) is 18.2 Å². The Labute approximate surface area is 95.8 Å². The van der Waals surface area contributed by atoms with Crippen LogP contribution in [0.3, 0.4) is 0 Å². The minimum absolute atomic E-state index is 0.130. The molecule has 0 atom stereocenters. The topological polar surface area (TPSA) is 75.5 Å². The molecule has 0 spiro atoms. The number of aliphatic hydroxyl groups is 1. The molecule has 4 nitrogen and oxygen atoms in total. The van der Waals surface area contributed by atoms with Gasteiger partial charge >= 0.3 is 0 Å². The summed E-state index contributed by atoms with van der Waals surface area (Å²) in [7, 11) is 0. The number of likely N-dealkylation sites (tertiary alicyclic amines) is 1. The van der Waals surface area contributed by atoms with Crippen molar-refractivity contribution in [3.05, 3.63) is 23.8 Å². The van der Waals surface area contributed by atoms with Gasteiger partial charge in [0.05, 0.1) is 6.10 Å². The second-order valence-electron chi connectivity index (χ2n) is 4.47. The van der Waals surface area contributed by atoms with Crippen molar-refractivity contribution in [3.63, 3.8) is 0 Å². The molecule has 1 aromatic rings. The Morgan fingerprint density at radius 3 is 2.62 bits per heavy atom. The van der Waals surface area contributed by atoms with Gasteiger partial charge in [0.25, 0.3) is 0 Å². The summed E-state index contributed by atoms with van der Waals surface area (Å²) in [6.45, 7) is 2.68. The first kappa shape index (κ1) is 11.2. The van der Waals surface area contributed by atoms with Crippen LogP contribution in [0.1, 0.15) is 18.4 Å². The molecule has 16 heavy (non-hydrogen) atoms. The Balaban J connectivity index is 2.00. The van der Waals surface area contributed by atoms with Gasteiger partial charge in [0.15, 0.2) is 0 Å². The van der Waals surface area contributed by atoms with Gasteiger partial charge in [0, 0.05) is 31.0 Å². The number of aliphatic hydroxyl groups excluding tert-OH is 1. The predicted octanol–water partition coefficient (Wildman–Crippen LogP) is 0.808. The average molecular weight is 221 g/mol. The zero-order valence-electron chi connectivity index (χ0n) is 9.39. The van der Waals surface area contributed by atoms with Crippen LogP contribution in [-0.2, 0) is 6.54 Å². The second kappa shape index (κ2) is 4.72. The second-order valence-corrected chi connectivity index (χ2v) is 4.47. The van der Waals surface area contributed by atoms with Crippen molar-refractivity contribution in [2.45, 2.75) is 25.5 Å². The molecular weight excluding hydrogens is 202 g/mol. The molecule has 1 fully saturated rings. The quantitative estimate of drug-likeness (QED) is 0.646. The summed E-state index contributed by atoms with van der Waals surface area (Å²) in [6, 6.07) is 5.60. The van der Waals surface area contributed by atoms with Crippen LogP contribution in [0.5, 0.6) is 0 Å². The first-order chi connectivity index (χ1) is 7.65. The summed E-state index contributed by atoms with van der Waals surface area (Å²) in [5.74, 6) is 0. The highest BCUT2D eigenvalue weighted by Gasteiger charge is 2.17. The Morgan fingerprint density at radius 1 is 1.25 bits per heavy atom. The van der Waals surface area contributed by atoms with Crippen LogP contribution in [0.2, 0.25) is 0 Å². The highest BCUT2D eigenvalue weighted by atomic mass is 16.3. The first-order valence-corrected chi connectivity index (χ1v) is 5.69. The number of nitrogens with zero attached hydrogens (tertiary/aromatic N) is 1. The molecule has 1 heterocycles. The lowest BCUT2D eigenvalue weighted by Gasteiger charge is -2.29. The molecule has 0 radical (unpaired) electrons. The van der Waals surface area contributed by atoms with Crippen molar-refractivity contribution in [3.8, 4) is 0 Å². The Morgan fingerprint density at radius 2 is 1.94 bits per heavy atom. The minimum Gasteiger partial charge on any atom is -0.399 e. The molecule has 0 aliphatic carbocycles. The molecule has 2 rings (SSSR count). The van der Waals surface area contributed by atoms with Crippen LogP contribution in [0.4, 0.5) is 11.4 Å². The highest BCUT2D eigenvalue weighted by Crippen LogP contribution is 2.20. The fraction of sp³-hybridized carbons (Fsp3) is 0.500. The maximum absolute atomic E-state index is 9.42. The third-order valence-electron chi connectivity index (χ3n) is 3.12. The summed E-state index contributed by atoms with van der Waals surface area (Å²) < 4.78 is 0. The molecule has 0 unspecified atom stereocenters. The molecule has 5 N–H and O–H groups in total. The van der Waals surface area contributed by atoms with Gasteiger partial charge in [-0.25, -0.2) is 0 Å². The van der Waals surface area contributed by atoms with Crippen molar-refractivity contribution >= 4 is 11.4 Å². The summed E-state index contributed by atoms with van der Waals surface area (Å²) in [5.41, 5.74) is 14.3. The smallest absolute Gasteiger partial charge is 0.0564 e. The zero-order valence-corrected chi connectivity index (χ0v) is 9.39. The van der Waals surface area contributed by atoms with E-state index in [4.69, 9.17) is 11.5 Å². The number of piperidine rings is 1. The number of nitrogen functional groups attached to an aromatic ring is 2. The lowest BCUT2D eigenvalue weighted by Crippen LogP contribution is -2.35. The molecule has 0 bridgehead atoms. The van der Waals surface area contributed by atoms with Gasteiger partial charge in [-0.3, -0.25) is 4.90 Å². The molecule has 1 aliphatic rings. The normalized spacial score (nSPS) is 18.8. The number of hydrogen-bond acceptors (Lipinski definition) is 4. The van der Waals surface area contributed by atoms with E-state index in [2.05, 4.69) is 4.90 Å². The van der Waals surface area contributed by atoms with Gasteiger partial charge in [-0.1, -0.05) is 0 Å². The minimum atomic E-state index is -0.130. The van der Waals surface area contributed by atoms with Crippen molar-refractivity contribution < 1.29 is 5.11 Å². The standard InChI is InChI=1S/C12H19N3O/c13-10-1-2-12(14)9(7-10)8-15-5-3-11(16)4-6-15/h1-2,7,11,16H,3-6,8,13-14H2. The number of benzene rings is 1. The monoisotopic (exact) mass is 221 g/mol. The molecule has 0 aromatic heterocycles. The maximum atomic E-state index is 9.42. The molecule has 4 heteroatoms. The summed E-state index contributed by atoms with van der Waals surface area (Å²) in [5, 5.41) is 9.42. The number of rotatable bonds is 2. The number of nitrogens with two attached hydrogens (primary N) is 2. The van der Waals surface area contributed by atoms with Crippen molar-refractivity contribution in [1.29, 1.82) is 0 Å². The molecule has 0 amide bonds. The Bertz CT molecular complexity index is 359. The lowest BCUT2D eigenvalue weighted by molar-refractivity contribution is 0.0793. The Kier molecular flexibility index (Phi) is 3.31. The SMILES string of the molecule is Nc1ccc(N)c(CN2CCC(O)CC2)c1. The zero-order chi connectivity index (χ0) is 11.5. The molecule has 1 saturated heterocycles. The van der Waals surface area contributed by atoms with Gasteiger partial charge in [-0.05, 0) is 36.6 Å². The van der Waals surface area contributed by atoms with Gasteiger partial charge < -0.3 is 16.6 Å². The third kappa shape index (κ3) is 2.65. The van der Waals surface area contributed by atoms with Gasteiger partial charge in [0.2, 0.25) is 0 Å². The fourth-order valence-corrected chi connectivity index (χ4v) is 2.08. The van der Waals surface area contributed by atoms with Crippen LogP contribution in [0.25, 0.3) is 0 Å². The van der Waals surface area contributed by atoms with Crippen LogP contribution in [0, 0.1) is 0 Å². The predicted molar refractivity (Wildman–Crippen MR) is 65.8 cm³/mol. The molecular formula is C12H19N3O. The number of hydrogen-bond donors (Lipinski definition) is 3. The van der Waals surface area contributed by atoms with Crippen LogP contribution >= 0.6 is 0 Å². The van der Waals surface area contributed by atoms with Crippen molar-refractivity contribution in [1.82, 2.24) is 4.90 Å². The van der Waals surface area contributed by atoms with Gasteiger partial charge in [-0.15, -0.1) is 0 Å². The van der Waals surface area contributed by atoms with E-state index in [-0.39, 0.29) is 6.10 Å². The third-order valence-corrected chi connectivity index (χ3v) is 3.12. The van der Waals surface area contributed by atoms with E-state index < -0.39 is 0 Å². The van der Waals surface area contributed by atoms with E-state index in [1.54, 1.807) is 0 Å². The van der Waals surface area contributed by atoms with E-state index in [0.29, 0.717) is 0 Å². The van der Waals surface area contributed by atoms with E-state index in [1.807, 2.05) is 18.2 Å². The van der Waals surface area contributed by atoms with Crippen molar-refractivity contribution in [2.75, 3.05) is 24.6 Å².